The van der Waals surface area contributed by atoms with E-state index in [9.17, 15) is 4.79 Å². The Morgan fingerprint density at radius 1 is 1.47 bits per heavy atom. The van der Waals surface area contributed by atoms with Gasteiger partial charge in [-0.25, -0.2) is 4.98 Å². The second-order valence-corrected chi connectivity index (χ2v) is 5.13. The summed E-state index contributed by atoms with van der Waals surface area (Å²) >= 11 is 0. The Hall–Kier alpha value is -1.58. The van der Waals surface area contributed by atoms with E-state index in [4.69, 9.17) is 0 Å². The number of nitrogens with zero attached hydrogens (tertiary/aromatic N) is 2. The summed E-state index contributed by atoms with van der Waals surface area (Å²) in [6.45, 7) is 5.60. The van der Waals surface area contributed by atoms with Crippen molar-refractivity contribution in [2.45, 2.75) is 45.6 Å². The maximum Gasteiger partial charge on any atom is 0.219 e. The highest BCUT2D eigenvalue weighted by atomic mass is 16.2. The van der Waals surface area contributed by atoms with Crippen LogP contribution in [0.1, 0.15) is 51.1 Å². The molecule has 1 aromatic heterocycles. The van der Waals surface area contributed by atoms with Gasteiger partial charge in [0, 0.05) is 26.2 Å². The van der Waals surface area contributed by atoms with Gasteiger partial charge in [0.15, 0.2) is 0 Å². The van der Waals surface area contributed by atoms with E-state index in [1.165, 1.54) is 6.42 Å². The Morgan fingerprint density at radius 3 is 2.95 bits per heavy atom. The fourth-order valence-corrected chi connectivity index (χ4v) is 2.62. The van der Waals surface area contributed by atoms with Crippen molar-refractivity contribution in [1.82, 2.24) is 9.88 Å². The van der Waals surface area contributed by atoms with E-state index >= 15 is 0 Å². The maximum atomic E-state index is 11.7. The van der Waals surface area contributed by atoms with Crippen molar-refractivity contribution < 1.29 is 4.79 Å². The van der Waals surface area contributed by atoms with Gasteiger partial charge in [-0.3, -0.25) is 4.79 Å². The van der Waals surface area contributed by atoms with Crippen molar-refractivity contribution in [2.24, 2.45) is 0 Å². The third-order valence-electron chi connectivity index (χ3n) is 3.63. The van der Waals surface area contributed by atoms with Crippen LogP contribution in [-0.2, 0) is 4.79 Å². The van der Waals surface area contributed by atoms with E-state index in [2.05, 4.69) is 23.3 Å². The van der Waals surface area contributed by atoms with Crippen LogP contribution in [0, 0.1) is 0 Å². The first-order valence-corrected chi connectivity index (χ1v) is 7.19. The molecule has 2 heterocycles. The highest BCUT2D eigenvalue weighted by Crippen LogP contribution is 2.30. The smallest absolute Gasteiger partial charge is 0.219 e. The lowest BCUT2D eigenvalue weighted by Crippen LogP contribution is -2.36. The molecule has 0 aliphatic carbocycles. The summed E-state index contributed by atoms with van der Waals surface area (Å²) in [5.74, 6) is 1.08. The minimum Gasteiger partial charge on any atom is -0.370 e. The number of amides is 1. The summed E-state index contributed by atoms with van der Waals surface area (Å²) in [4.78, 5) is 18.1. The summed E-state index contributed by atoms with van der Waals surface area (Å²) in [5, 5.41) is 3.27. The van der Waals surface area contributed by atoms with Crippen molar-refractivity contribution in [2.75, 3.05) is 18.4 Å². The SMILES string of the molecule is CCCNc1ccc([C@H]2CCCCN2C(C)=O)cn1. The molecule has 0 aromatic carbocycles. The fraction of sp³-hybridized carbons (Fsp3) is 0.600. The van der Waals surface area contributed by atoms with Crippen LogP contribution in [0.5, 0.6) is 0 Å². The number of likely N-dealkylation sites (tertiary alicyclic amines) is 1. The zero-order valence-corrected chi connectivity index (χ0v) is 11.9. The van der Waals surface area contributed by atoms with Crippen molar-refractivity contribution >= 4 is 11.7 Å². The monoisotopic (exact) mass is 261 g/mol. The van der Waals surface area contributed by atoms with Gasteiger partial charge in [-0.2, -0.15) is 0 Å². The molecule has 104 valence electrons. The lowest BCUT2D eigenvalue weighted by molar-refractivity contribution is -0.132. The molecule has 1 fully saturated rings. The third kappa shape index (κ3) is 3.46. The highest BCUT2D eigenvalue weighted by molar-refractivity contribution is 5.74. The molecule has 1 N–H and O–H groups in total. The van der Waals surface area contributed by atoms with Gasteiger partial charge in [0.25, 0.3) is 0 Å². The molecule has 0 spiro atoms. The number of nitrogens with one attached hydrogen (secondary N) is 1. The van der Waals surface area contributed by atoms with Gasteiger partial charge in [0.05, 0.1) is 6.04 Å². The quantitative estimate of drug-likeness (QED) is 0.906. The van der Waals surface area contributed by atoms with Gasteiger partial charge < -0.3 is 10.2 Å². The summed E-state index contributed by atoms with van der Waals surface area (Å²) < 4.78 is 0. The van der Waals surface area contributed by atoms with Crippen molar-refractivity contribution in [3.8, 4) is 0 Å². The average molecular weight is 261 g/mol. The Labute approximate surface area is 115 Å². The van der Waals surface area contributed by atoms with Crippen molar-refractivity contribution in [3.63, 3.8) is 0 Å². The number of hydrogen-bond acceptors (Lipinski definition) is 3. The van der Waals surface area contributed by atoms with Crippen LogP contribution in [0.25, 0.3) is 0 Å². The van der Waals surface area contributed by atoms with E-state index in [1.807, 2.05) is 17.2 Å². The lowest BCUT2D eigenvalue weighted by atomic mass is 9.96. The van der Waals surface area contributed by atoms with Gasteiger partial charge >= 0.3 is 0 Å². The highest BCUT2D eigenvalue weighted by Gasteiger charge is 2.25. The van der Waals surface area contributed by atoms with Crippen molar-refractivity contribution in [1.29, 1.82) is 0 Å². The molecule has 0 bridgehead atoms. The molecule has 0 saturated carbocycles. The van der Waals surface area contributed by atoms with Gasteiger partial charge in [-0.05, 0) is 37.3 Å². The van der Waals surface area contributed by atoms with Gasteiger partial charge in [-0.15, -0.1) is 0 Å². The second kappa shape index (κ2) is 6.55. The minimum atomic E-state index is 0.165. The molecule has 4 nitrogen and oxygen atoms in total. The number of anilines is 1. The second-order valence-electron chi connectivity index (χ2n) is 5.13. The molecule has 2 rings (SSSR count). The van der Waals surface area contributed by atoms with Gasteiger partial charge in [0.2, 0.25) is 5.91 Å². The summed E-state index contributed by atoms with van der Waals surface area (Å²) in [5.41, 5.74) is 1.15. The van der Waals surface area contributed by atoms with Crippen LogP contribution in [0.15, 0.2) is 18.3 Å². The zero-order chi connectivity index (χ0) is 13.7. The van der Waals surface area contributed by atoms with Crippen molar-refractivity contribution in [3.05, 3.63) is 23.9 Å². The van der Waals surface area contributed by atoms with Crippen LogP contribution >= 0.6 is 0 Å². The fourth-order valence-electron chi connectivity index (χ4n) is 2.62. The third-order valence-corrected chi connectivity index (χ3v) is 3.63. The maximum absolute atomic E-state index is 11.7. The predicted octanol–water partition coefficient (Wildman–Crippen LogP) is 2.98. The summed E-state index contributed by atoms with van der Waals surface area (Å²) in [6, 6.07) is 4.31. The molecule has 1 aromatic rings. The Balaban J connectivity index is 2.09. The molecular weight excluding hydrogens is 238 g/mol. The standard InChI is InChI=1S/C15H23N3O/c1-3-9-16-15-8-7-13(11-17-15)14-6-4-5-10-18(14)12(2)19/h7-8,11,14H,3-6,9-10H2,1-2H3,(H,16,17)/t14-/m1/s1. The van der Waals surface area contributed by atoms with Gasteiger partial charge in [-0.1, -0.05) is 13.0 Å². The summed E-state index contributed by atoms with van der Waals surface area (Å²) in [6.07, 6.45) is 6.33. The van der Waals surface area contributed by atoms with E-state index in [0.717, 1.165) is 43.7 Å². The normalized spacial score (nSPS) is 19.3. The molecule has 1 amide bonds. The molecule has 0 radical (unpaired) electrons. The number of carbonyl (C=O) groups excluding carboxylic acids is 1. The first kappa shape index (κ1) is 13.8. The molecule has 1 saturated heterocycles. The number of pyridine rings is 1. The largest absolute Gasteiger partial charge is 0.370 e. The molecule has 1 aliphatic rings. The minimum absolute atomic E-state index is 0.165. The van der Waals surface area contributed by atoms with Crippen LogP contribution in [0.2, 0.25) is 0 Å². The first-order chi connectivity index (χ1) is 9.22. The van der Waals surface area contributed by atoms with Crippen LogP contribution < -0.4 is 5.32 Å². The molecule has 0 unspecified atom stereocenters. The van der Waals surface area contributed by atoms with Crippen LogP contribution in [0.3, 0.4) is 0 Å². The van der Waals surface area contributed by atoms with Crippen LogP contribution in [-0.4, -0.2) is 28.9 Å². The van der Waals surface area contributed by atoms with Crippen LogP contribution in [0.4, 0.5) is 5.82 Å². The summed E-state index contributed by atoms with van der Waals surface area (Å²) in [7, 11) is 0. The molecular formula is C15H23N3O. The zero-order valence-electron chi connectivity index (χ0n) is 11.9. The molecule has 1 atom stereocenters. The number of aromatic nitrogens is 1. The Bertz CT molecular complexity index is 416. The number of rotatable bonds is 4. The average Bonchev–Trinajstić information content (AvgIpc) is 2.45. The number of carbonyl (C=O) groups is 1. The molecule has 4 heteroatoms. The Morgan fingerprint density at radius 2 is 2.32 bits per heavy atom. The van der Waals surface area contributed by atoms with E-state index < -0.39 is 0 Å². The molecule has 1 aliphatic heterocycles. The topological polar surface area (TPSA) is 45.2 Å². The Kier molecular flexibility index (Phi) is 4.77. The van der Waals surface area contributed by atoms with E-state index in [-0.39, 0.29) is 11.9 Å². The number of piperidine rings is 1. The van der Waals surface area contributed by atoms with Gasteiger partial charge in [0.1, 0.15) is 5.82 Å². The van der Waals surface area contributed by atoms with E-state index in [0.29, 0.717) is 0 Å². The first-order valence-electron chi connectivity index (χ1n) is 7.19. The number of hydrogen-bond donors (Lipinski definition) is 1. The van der Waals surface area contributed by atoms with E-state index in [1.54, 1.807) is 6.92 Å². The predicted molar refractivity (Wildman–Crippen MR) is 77.0 cm³/mol. The molecule has 19 heavy (non-hydrogen) atoms. The lowest BCUT2D eigenvalue weighted by Gasteiger charge is -2.35.